The van der Waals surface area contributed by atoms with Crippen LogP contribution < -0.4 is 5.32 Å². The molecule has 0 spiro atoms. The Morgan fingerprint density at radius 3 is 2.58 bits per heavy atom. The van der Waals surface area contributed by atoms with Gasteiger partial charge in [-0.3, -0.25) is 4.79 Å². The number of benzene rings is 1. The molecule has 1 N–H and O–H groups in total. The molecule has 2 rings (SSSR count). The number of hydrogen-bond acceptors (Lipinski definition) is 1. The van der Waals surface area contributed by atoms with Gasteiger partial charge in [-0.25, -0.2) is 0 Å². The molecule has 1 atom stereocenters. The van der Waals surface area contributed by atoms with E-state index in [4.69, 9.17) is 0 Å². The van der Waals surface area contributed by atoms with Crippen molar-refractivity contribution < 1.29 is 4.79 Å². The molecule has 0 bridgehead atoms. The van der Waals surface area contributed by atoms with E-state index >= 15 is 0 Å². The number of amides is 1. The van der Waals surface area contributed by atoms with Gasteiger partial charge in [0.15, 0.2) is 0 Å². The first kappa shape index (κ1) is 14.1. The second-order valence-corrected chi connectivity index (χ2v) is 6.59. The summed E-state index contributed by atoms with van der Waals surface area (Å²) in [6.45, 7) is 8.83. The van der Waals surface area contributed by atoms with Gasteiger partial charge in [0, 0.05) is 5.69 Å². The average Bonchev–Trinajstić information content (AvgIpc) is 2.64. The normalized spacial score (nSPS) is 18.3. The third-order valence-electron chi connectivity index (χ3n) is 3.96. The third kappa shape index (κ3) is 2.99. The van der Waals surface area contributed by atoms with Crippen molar-refractivity contribution in [1.82, 2.24) is 0 Å². The SMILES string of the molecule is CCCCCC1C(=O)Nc2ccc(C(C)(C)C)cc21. The number of nitrogens with one attached hydrogen (secondary N) is 1. The van der Waals surface area contributed by atoms with Crippen LogP contribution in [0.2, 0.25) is 0 Å². The average molecular weight is 259 g/mol. The topological polar surface area (TPSA) is 29.1 Å². The van der Waals surface area contributed by atoms with Gasteiger partial charge in [-0.05, 0) is 29.0 Å². The molecule has 1 unspecified atom stereocenters. The summed E-state index contributed by atoms with van der Waals surface area (Å²) in [6.07, 6.45) is 4.51. The number of carbonyl (C=O) groups is 1. The van der Waals surface area contributed by atoms with Gasteiger partial charge in [-0.1, -0.05) is 59.1 Å². The van der Waals surface area contributed by atoms with Gasteiger partial charge in [0.05, 0.1) is 5.92 Å². The van der Waals surface area contributed by atoms with E-state index in [9.17, 15) is 4.79 Å². The van der Waals surface area contributed by atoms with Gasteiger partial charge in [0.25, 0.3) is 0 Å². The highest BCUT2D eigenvalue weighted by atomic mass is 16.2. The lowest BCUT2D eigenvalue weighted by molar-refractivity contribution is -0.117. The summed E-state index contributed by atoms with van der Waals surface area (Å²) in [5, 5.41) is 3.01. The van der Waals surface area contributed by atoms with Crippen LogP contribution in [0.1, 0.15) is 70.4 Å². The zero-order valence-corrected chi connectivity index (χ0v) is 12.5. The molecule has 0 fully saturated rings. The predicted octanol–water partition coefficient (Wildman–Crippen LogP) is 4.60. The van der Waals surface area contributed by atoms with Crippen LogP contribution in [0.5, 0.6) is 0 Å². The Kier molecular flexibility index (Phi) is 3.98. The molecule has 19 heavy (non-hydrogen) atoms. The summed E-state index contributed by atoms with van der Waals surface area (Å²) in [5.74, 6) is 0.237. The second-order valence-electron chi connectivity index (χ2n) is 6.59. The van der Waals surface area contributed by atoms with Gasteiger partial charge in [0.1, 0.15) is 0 Å². The molecule has 1 aromatic rings. The lowest BCUT2D eigenvalue weighted by atomic mass is 9.84. The Hall–Kier alpha value is -1.31. The quantitative estimate of drug-likeness (QED) is 0.787. The first-order valence-electron chi connectivity index (χ1n) is 7.38. The summed E-state index contributed by atoms with van der Waals surface area (Å²) in [4.78, 5) is 12.1. The van der Waals surface area contributed by atoms with Crippen molar-refractivity contribution in [2.45, 2.75) is 64.7 Å². The fourth-order valence-corrected chi connectivity index (χ4v) is 2.68. The Morgan fingerprint density at radius 1 is 1.21 bits per heavy atom. The van der Waals surface area contributed by atoms with Crippen molar-refractivity contribution in [3.63, 3.8) is 0 Å². The van der Waals surface area contributed by atoms with Crippen LogP contribution in [-0.2, 0) is 10.2 Å². The van der Waals surface area contributed by atoms with Crippen molar-refractivity contribution in [2.24, 2.45) is 0 Å². The first-order valence-corrected chi connectivity index (χ1v) is 7.38. The maximum absolute atomic E-state index is 12.1. The van der Waals surface area contributed by atoms with Crippen molar-refractivity contribution in [2.75, 3.05) is 5.32 Å². The molecule has 2 nitrogen and oxygen atoms in total. The van der Waals surface area contributed by atoms with E-state index in [1.165, 1.54) is 24.0 Å². The molecule has 1 amide bonds. The fourth-order valence-electron chi connectivity index (χ4n) is 2.68. The smallest absolute Gasteiger partial charge is 0.232 e. The van der Waals surface area contributed by atoms with Gasteiger partial charge < -0.3 is 5.32 Å². The van der Waals surface area contributed by atoms with Gasteiger partial charge in [-0.2, -0.15) is 0 Å². The standard InChI is InChI=1S/C17H25NO/c1-5-6-7-8-13-14-11-12(17(2,3)4)9-10-15(14)18-16(13)19/h9-11,13H,5-8H2,1-4H3,(H,18,19). The number of anilines is 1. The summed E-state index contributed by atoms with van der Waals surface area (Å²) >= 11 is 0. The van der Waals surface area contributed by atoms with Crippen molar-refractivity contribution in [1.29, 1.82) is 0 Å². The maximum atomic E-state index is 12.1. The van der Waals surface area contributed by atoms with E-state index in [-0.39, 0.29) is 17.2 Å². The van der Waals surface area contributed by atoms with Crippen LogP contribution in [0.25, 0.3) is 0 Å². The molecule has 1 aromatic carbocycles. The number of hydrogen-bond donors (Lipinski definition) is 1. The maximum Gasteiger partial charge on any atom is 0.232 e. The van der Waals surface area contributed by atoms with Crippen molar-refractivity contribution in [3.8, 4) is 0 Å². The number of fused-ring (bicyclic) bond motifs is 1. The van der Waals surface area contributed by atoms with Gasteiger partial charge >= 0.3 is 0 Å². The highest BCUT2D eigenvalue weighted by Crippen LogP contribution is 2.38. The zero-order chi connectivity index (χ0) is 14.0. The molecule has 1 aliphatic heterocycles. The van der Waals surface area contributed by atoms with Crippen LogP contribution in [0.3, 0.4) is 0 Å². The molecule has 0 aromatic heterocycles. The lowest BCUT2D eigenvalue weighted by Gasteiger charge is -2.20. The Balaban J connectivity index is 2.24. The predicted molar refractivity (Wildman–Crippen MR) is 80.7 cm³/mol. The van der Waals surface area contributed by atoms with Crippen LogP contribution in [-0.4, -0.2) is 5.91 Å². The van der Waals surface area contributed by atoms with Crippen molar-refractivity contribution in [3.05, 3.63) is 29.3 Å². The van der Waals surface area contributed by atoms with Gasteiger partial charge in [0.2, 0.25) is 5.91 Å². The van der Waals surface area contributed by atoms with E-state index in [1.807, 2.05) is 0 Å². The minimum absolute atomic E-state index is 0.0591. The Morgan fingerprint density at radius 2 is 1.95 bits per heavy atom. The highest BCUT2D eigenvalue weighted by Gasteiger charge is 2.31. The van der Waals surface area contributed by atoms with E-state index in [0.717, 1.165) is 18.5 Å². The van der Waals surface area contributed by atoms with Crippen LogP contribution >= 0.6 is 0 Å². The molecule has 1 heterocycles. The van der Waals surface area contributed by atoms with Crippen LogP contribution in [0.4, 0.5) is 5.69 Å². The summed E-state index contributed by atoms with van der Waals surface area (Å²) < 4.78 is 0. The molecule has 0 radical (unpaired) electrons. The molecule has 104 valence electrons. The lowest BCUT2D eigenvalue weighted by Crippen LogP contribution is -2.13. The van der Waals surface area contributed by atoms with Crippen LogP contribution in [0, 0.1) is 0 Å². The molecular weight excluding hydrogens is 234 g/mol. The first-order chi connectivity index (χ1) is 8.93. The minimum atomic E-state index is 0.0591. The number of unbranched alkanes of at least 4 members (excludes halogenated alkanes) is 2. The highest BCUT2D eigenvalue weighted by molar-refractivity contribution is 6.02. The summed E-state index contributed by atoms with van der Waals surface area (Å²) in [7, 11) is 0. The minimum Gasteiger partial charge on any atom is -0.325 e. The van der Waals surface area contributed by atoms with Crippen LogP contribution in [0.15, 0.2) is 18.2 Å². The van der Waals surface area contributed by atoms with E-state index in [1.54, 1.807) is 0 Å². The molecule has 1 aliphatic rings. The number of carbonyl (C=O) groups excluding carboxylic acids is 1. The largest absolute Gasteiger partial charge is 0.325 e. The monoisotopic (exact) mass is 259 g/mol. The third-order valence-corrected chi connectivity index (χ3v) is 3.96. The molecule has 0 aliphatic carbocycles. The Labute approximate surface area is 116 Å². The number of rotatable bonds is 4. The van der Waals surface area contributed by atoms with Gasteiger partial charge in [-0.15, -0.1) is 0 Å². The summed E-state index contributed by atoms with van der Waals surface area (Å²) in [6, 6.07) is 6.42. The molecule has 0 saturated heterocycles. The zero-order valence-electron chi connectivity index (χ0n) is 12.5. The molecular formula is C17H25NO. The molecule has 2 heteroatoms. The molecule has 0 saturated carbocycles. The Bertz CT molecular complexity index is 471. The van der Waals surface area contributed by atoms with Crippen molar-refractivity contribution >= 4 is 11.6 Å². The second kappa shape index (κ2) is 5.36. The summed E-state index contributed by atoms with van der Waals surface area (Å²) in [5.41, 5.74) is 3.66. The van der Waals surface area contributed by atoms with E-state index < -0.39 is 0 Å². The van der Waals surface area contributed by atoms with E-state index in [2.05, 4.69) is 51.2 Å². The van der Waals surface area contributed by atoms with E-state index in [0.29, 0.717) is 0 Å². The fraction of sp³-hybridized carbons (Fsp3) is 0.588.